The molecule has 0 fully saturated rings. The van der Waals surface area contributed by atoms with Crippen molar-refractivity contribution >= 4 is 30.5 Å². The first-order valence-corrected chi connectivity index (χ1v) is 4.89. The molecule has 1 aromatic carbocycles. The molecule has 1 aromatic heterocycles. The predicted molar refractivity (Wildman–Crippen MR) is 66.0 cm³/mol. The maximum atomic E-state index is 10.8. The summed E-state index contributed by atoms with van der Waals surface area (Å²) < 4.78 is 0. The van der Waals surface area contributed by atoms with Gasteiger partial charge in [-0.2, -0.15) is 0 Å². The lowest BCUT2D eigenvalue weighted by Crippen LogP contribution is -2.04. The number of rotatable bonds is 3. The van der Waals surface area contributed by atoms with Gasteiger partial charge in [0.05, 0.1) is 4.92 Å². The Morgan fingerprint density at radius 1 is 1.29 bits per heavy atom. The van der Waals surface area contributed by atoms with Gasteiger partial charge < -0.3 is 5.32 Å². The molecule has 6 heteroatoms. The number of anilines is 2. The summed E-state index contributed by atoms with van der Waals surface area (Å²) in [5.41, 5.74) is 1.16. The van der Waals surface area contributed by atoms with Crippen LogP contribution in [0.5, 0.6) is 0 Å². The highest BCUT2D eigenvalue weighted by Crippen LogP contribution is 2.23. The molecule has 0 saturated carbocycles. The van der Waals surface area contributed by atoms with E-state index in [9.17, 15) is 10.1 Å². The van der Waals surface area contributed by atoms with Crippen molar-refractivity contribution in [1.29, 1.82) is 0 Å². The molecule has 0 aliphatic carbocycles. The fraction of sp³-hybridized carbons (Fsp3) is 0. The Bertz CT molecular complexity index is 560. The van der Waals surface area contributed by atoms with Gasteiger partial charge in [0, 0.05) is 18.0 Å². The minimum Gasteiger partial charge on any atom is -0.334 e. The number of hydrogen-bond acceptors (Lipinski definition) is 4. The summed E-state index contributed by atoms with van der Waals surface area (Å²) in [4.78, 5) is 14.2. The Kier molecular flexibility index (Phi) is 3.04. The number of hydrogen-bond donors (Lipinski definition) is 1. The minimum absolute atomic E-state index is 0.0741. The summed E-state index contributed by atoms with van der Waals surface area (Å²) in [7, 11) is 5.62. The van der Waals surface area contributed by atoms with Crippen molar-refractivity contribution < 1.29 is 4.92 Å². The smallest absolute Gasteiger partial charge is 0.311 e. The first-order valence-electron chi connectivity index (χ1n) is 4.89. The van der Waals surface area contributed by atoms with Crippen molar-refractivity contribution in [2.24, 2.45) is 0 Å². The first kappa shape index (κ1) is 11.1. The molecule has 0 aliphatic rings. The zero-order valence-corrected chi connectivity index (χ0v) is 8.83. The Hall–Kier alpha value is -2.37. The van der Waals surface area contributed by atoms with Gasteiger partial charge in [0.2, 0.25) is 5.82 Å². The quantitative estimate of drug-likeness (QED) is 0.488. The van der Waals surface area contributed by atoms with Crippen LogP contribution in [0.15, 0.2) is 42.6 Å². The van der Waals surface area contributed by atoms with Gasteiger partial charge >= 0.3 is 5.69 Å². The lowest BCUT2D eigenvalue weighted by molar-refractivity contribution is -0.384. The van der Waals surface area contributed by atoms with Crippen molar-refractivity contribution in [3.63, 3.8) is 0 Å². The summed E-state index contributed by atoms with van der Waals surface area (Å²) >= 11 is 0. The van der Waals surface area contributed by atoms with Crippen LogP contribution in [0.1, 0.15) is 0 Å². The highest BCUT2D eigenvalue weighted by Gasteiger charge is 2.13. The predicted octanol–water partition coefficient (Wildman–Crippen LogP) is 1.53. The van der Waals surface area contributed by atoms with E-state index in [4.69, 9.17) is 7.85 Å². The molecule has 0 atom stereocenters. The third-order valence-electron chi connectivity index (χ3n) is 2.13. The van der Waals surface area contributed by atoms with Gasteiger partial charge in [0.15, 0.2) is 0 Å². The average Bonchev–Trinajstić information content (AvgIpc) is 2.29. The van der Waals surface area contributed by atoms with E-state index in [-0.39, 0.29) is 11.5 Å². The van der Waals surface area contributed by atoms with Crippen LogP contribution in [0.25, 0.3) is 0 Å². The second-order valence-electron chi connectivity index (χ2n) is 3.38. The van der Waals surface area contributed by atoms with E-state index < -0.39 is 4.92 Å². The van der Waals surface area contributed by atoms with Crippen LogP contribution >= 0.6 is 0 Å². The van der Waals surface area contributed by atoms with Gasteiger partial charge in [-0.3, -0.25) is 10.1 Å². The molecular formula is C11H8BN3O2. The van der Waals surface area contributed by atoms with Crippen molar-refractivity contribution in [3.8, 4) is 0 Å². The maximum absolute atomic E-state index is 10.8. The molecule has 0 amide bonds. The molecule has 0 aliphatic heterocycles. The Morgan fingerprint density at radius 2 is 2.12 bits per heavy atom. The fourth-order valence-corrected chi connectivity index (χ4v) is 1.39. The highest BCUT2D eigenvalue weighted by atomic mass is 16.6. The fourth-order valence-electron chi connectivity index (χ4n) is 1.39. The van der Waals surface area contributed by atoms with E-state index in [1.165, 1.54) is 18.3 Å². The Morgan fingerprint density at radius 3 is 2.82 bits per heavy atom. The van der Waals surface area contributed by atoms with Gasteiger partial charge in [-0.25, -0.2) is 4.98 Å². The zero-order valence-electron chi connectivity index (χ0n) is 8.83. The van der Waals surface area contributed by atoms with E-state index in [0.29, 0.717) is 11.2 Å². The monoisotopic (exact) mass is 225 g/mol. The summed E-state index contributed by atoms with van der Waals surface area (Å²) in [5, 5.41) is 13.6. The number of aromatic nitrogens is 1. The van der Waals surface area contributed by atoms with E-state index >= 15 is 0 Å². The second-order valence-corrected chi connectivity index (χ2v) is 3.38. The topological polar surface area (TPSA) is 68.1 Å². The largest absolute Gasteiger partial charge is 0.334 e. The highest BCUT2D eigenvalue weighted by molar-refractivity contribution is 6.32. The summed E-state index contributed by atoms with van der Waals surface area (Å²) in [6.45, 7) is 0. The minimum atomic E-state index is -0.484. The molecule has 0 unspecified atom stereocenters. The lowest BCUT2D eigenvalue weighted by atomic mass is 9.96. The number of pyridine rings is 1. The molecule has 0 bridgehead atoms. The van der Waals surface area contributed by atoms with Crippen molar-refractivity contribution in [2.75, 3.05) is 5.32 Å². The number of nitrogens with one attached hydrogen (secondary N) is 1. The summed E-state index contributed by atoms with van der Waals surface area (Å²) in [6.07, 6.45) is 1.49. The van der Waals surface area contributed by atoms with Gasteiger partial charge in [0.1, 0.15) is 7.85 Å². The van der Waals surface area contributed by atoms with Crippen LogP contribution < -0.4 is 10.8 Å². The second kappa shape index (κ2) is 4.65. The van der Waals surface area contributed by atoms with Crippen molar-refractivity contribution in [3.05, 3.63) is 52.7 Å². The molecule has 5 nitrogen and oxygen atoms in total. The third-order valence-corrected chi connectivity index (χ3v) is 2.13. The van der Waals surface area contributed by atoms with Gasteiger partial charge in [-0.1, -0.05) is 17.6 Å². The van der Waals surface area contributed by atoms with Gasteiger partial charge in [-0.15, -0.1) is 0 Å². The van der Waals surface area contributed by atoms with Crippen LogP contribution in [0.2, 0.25) is 0 Å². The van der Waals surface area contributed by atoms with Crippen molar-refractivity contribution in [1.82, 2.24) is 4.98 Å². The van der Waals surface area contributed by atoms with Crippen molar-refractivity contribution in [2.45, 2.75) is 0 Å². The van der Waals surface area contributed by atoms with Crippen LogP contribution in [0, 0.1) is 10.1 Å². The van der Waals surface area contributed by atoms with Crippen LogP contribution in [0.3, 0.4) is 0 Å². The van der Waals surface area contributed by atoms with E-state index in [1.807, 2.05) is 0 Å². The normalized spacial score (nSPS) is 9.88. The zero-order chi connectivity index (χ0) is 12.3. The molecule has 17 heavy (non-hydrogen) atoms. The molecule has 0 saturated heterocycles. The lowest BCUT2D eigenvalue weighted by Gasteiger charge is -2.06. The maximum Gasteiger partial charge on any atom is 0.311 e. The Balaban J connectivity index is 2.33. The Labute approximate surface area is 99.1 Å². The molecule has 0 spiro atoms. The molecule has 1 heterocycles. The number of nitrogens with zero attached hydrogens (tertiary/aromatic N) is 2. The molecule has 1 N–H and O–H groups in total. The third kappa shape index (κ3) is 2.60. The van der Waals surface area contributed by atoms with Crippen LogP contribution in [-0.2, 0) is 0 Å². The first-order chi connectivity index (χ1) is 8.16. The standard InChI is InChI=1S/C11H8BN3O2/c12-8-3-1-4-9(7-8)14-11-10(15(16)17)5-2-6-13-11/h1-7H,(H,13,14). The van der Waals surface area contributed by atoms with Gasteiger partial charge in [-0.05, 0) is 18.2 Å². The van der Waals surface area contributed by atoms with Crippen LogP contribution in [-0.4, -0.2) is 17.8 Å². The SMILES string of the molecule is [B]c1cccc(Nc2ncccc2[N+](=O)[O-])c1. The van der Waals surface area contributed by atoms with Gasteiger partial charge in [0.25, 0.3) is 0 Å². The molecule has 2 aromatic rings. The molecule has 2 radical (unpaired) electrons. The van der Waals surface area contributed by atoms with E-state index in [0.717, 1.165) is 0 Å². The summed E-state index contributed by atoms with van der Waals surface area (Å²) in [5.74, 6) is 0.197. The molecule has 2 rings (SSSR count). The number of nitro groups is 1. The summed E-state index contributed by atoms with van der Waals surface area (Å²) in [6, 6.07) is 9.84. The molecular weight excluding hydrogens is 217 g/mol. The molecule has 82 valence electrons. The van der Waals surface area contributed by atoms with E-state index in [1.54, 1.807) is 24.3 Å². The number of benzene rings is 1. The average molecular weight is 225 g/mol. The van der Waals surface area contributed by atoms with Crippen LogP contribution in [0.4, 0.5) is 17.2 Å². The van der Waals surface area contributed by atoms with E-state index in [2.05, 4.69) is 10.3 Å².